The number of carbonyl (C=O) groups is 4. The van der Waals surface area contributed by atoms with Crippen molar-refractivity contribution >= 4 is 42.4 Å². The van der Waals surface area contributed by atoms with Gasteiger partial charge in [-0.25, -0.2) is 5.90 Å². The molecule has 2 aliphatic carbocycles. The fourth-order valence-corrected chi connectivity index (χ4v) is 2.83. The number of carboxylic acids is 1. The fourth-order valence-electron chi connectivity index (χ4n) is 2.83. The lowest BCUT2D eigenvalue weighted by Crippen LogP contribution is -2.30. The van der Waals surface area contributed by atoms with Crippen LogP contribution in [0.25, 0.3) is 0 Å². The molecule has 30 heavy (non-hydrogen) atoms. The predicted molar refractivity (Wildman–Crippen MR) is 109 cm³/mol. The summed E-state index contributed by atoms with van der Waals surface area (Å²) in [6.45, 7) is 1.08. The second kappa shape index (κ2) is 20.4. The van der Waals surface area contributed by atoms with Gasteiger partial charge in [0.05, 0.1) is 30.3 Å². The highest BCUT2D eigenvalue weighted by molar-refractivity contribution is 5.95. The molecule has 2 fully saturated rings. The van der Waals surface area contributed by atoms with Crippen LogP contribution in [0.2, 0.25) is 0 Å². The molecule has 2 rings (SSSR count). The summed E-state index contributed by atoms with van der Waals surface area (Å²) in [4.78, 5) is 41.5. The van der Waals surface area contributed by atoms with E-state index in [1.165, 1.54) is 6.21 Å². The monoisotopic (exact) mass is 456 g/mol. The van der Waals surface area contributed by atoms with Crippen molar-refractivity contribution in [3.63, 3.8) is 0 Å². The molecule has 5 N–H and O–H groups in total. The van der Waals surface area contributed by atoms with Crippen LogP contribution >= 0.6 is 12.4 Å². The van der Waals surface area contributed by atoms with E-state index >= 15 is 0 Å². The molecule has 0 amide bonds. The zero-order chi connectivity index (χ0) is 22.8. The van der Waals surface area contributed by atoms with Gasteiger partial charge in [0.15, 0.2) is 0 Å². The molecule has 4 atom stereocenters. The van der Waals surface area contributed by atoms with Gasteiger partial charge < -0.3 is 29.8 Å². The fraction of sp³-hybridized carbons (Fsp3) is 0.722. The molecule has 2 aliphatic rings. The number of ketones is 2. The van der Waals surface area contributed by atoms with E-state index in [0.717, 1.165) is 26.1 Å². The van der Waals surface area contributed by atoms with Crippen molar-refractivity contribution in [2.24, 2.45) is 22.9 Å². The Kier molecular flexibility index (Phi) is 22.2. The van der Waals surface area contributed by atoms with Gasteiger partial charge in [-0.15, -0.1) is 17.6 Å². The first-order chi connectivity index (χ1) is 13.8. The van der Waals surface area contributed by atoms with Gasteiger partial charge in [0, 0.05) is 34.0 Å². The lowest BCUT2D eigenvalue weighted by atomic mass is 9.87. The Morgan fingerprint density at radius 3 is 1.73 bits per heavy atom. The van der Waals surface area contributed by atoms with Crippen molar-refractivity contribution in [3.8, 4) is 0 Å². The number of methoxy groups -OCH3 is 2. The van der Waals surface area contributed by atoms with E-state index in [4.69, 9.17) is 29.8 Å². The summed E-state index contributed by atoms with van der Waals surface area (Å²) in [6.07, 6.45) is 6.01. The first kappa shape index (κ1) is 32.7. The maximum atomic E-state index is 11.2. The summed E-state index contributed by atoms with van der Waals surface area (Å²) in [6, 6.07) is 0. The van der Waals surface area contributed by atoms with Gasteiger partial charge in [0.1, 0.15) is 17.9 Å². The number of nitrogens with zero attached hydrogens (tertiary/aromatic N) is 1. The van der Waals surface area contributed by atoms with Crippen LogP contribution in [0.3, 0.4) is 0 Å². The predicted octanol–water partition coefficient (Wildman–Crippen LogP) is 1.25. The van der Waals surface area contributed by atoms with Crippen LogP contribution in [0, 0.1) is 11.8 Å². The van der Waals surface area contributed by atoms with E-state index in [1.807, 2.05) is 0 Å². The molecule has 0 aromatic heterocycles. The molecule has 0 saturated heterocycles. The van der Waals surface area contributed by atoms with Gasteiger partial charge in [0.2, 0.25) is 0 Å². The summed E-state index contributed by atoms with van der Waals surface area (Å²) in [7, 11) is 3.25. The molecule has 0 aliphatic heterocycles. The summed E-state index contributed by atoms with van der Waals surface area (Å²) in [5.74, 6) is 2.21. The van der Waals surface area contributed by atoms with Crippen molar-refractivity contribution in [3.05, 3.63) is 0 Å². The number of oxime groups is 1. The maximum Gasteiger partial charge on any atom is 0.300 e. The first-order valence-electron chi connectivity index (χ1n) is 8.98. The molecule has 176 valence electrons. The number of aliphatic carboxylic acids is 1. The van der Waals surface area contributed by atoms with Crippen LogP contribution in [-0.2, 0) is 28.7 Å². The van der Waals surface area contributed by atoms with Gasteiger partial charge in [-0.2, -0.15) is 0 Å². The minimum Gasteiger partial charge on any atom is -0.481 e. The Bertz CT molecular complexity index is 528. The smallest absolute Gasteiger partial charge is 0.300 e. The Morgan fingerprint density at radius 2 is 1.40 bits per heavy atom. The summed E-state index contributed by atoms with van der Waals surface area (Å²) < 4.78 is 10.2. The topological polar surface area (TPSA) is 186 Å². The molecule has 0 heterocycles. The number of ether oxygens (including phenoxy) is 2. The van der Waals surface area contributed by atoms with E-state index in [1.54, 1.807) is 14.2 Å². The average molecular weight is 457 g/mol. The lowest BCUT2D eigenvalue weighted by molar-refractivity contribution is -0.134. The second-order valence-electron chi connectivity index (χ2n) is 6.33. The van der Waals surface area contributed by atoms with E-state index in [0.29, 0.717) is 25.7 Å². The third-order valence-electron chi connectivity index (χ3n) is 4.36. The number of hydrogen-bond donors (Lipinski definition) is 4. The minimum atomic E-state index is -0.833. The maximum absolute atomic E-state index is 11.2. The van der Waals surface area contributed by atoms with Gasteiger partial charge in [-0.05, 0) is 25.7 Å². The normalized spacial score (nSPS) is 25.2. The molecule has 0 radical (unpaired) electrons. The Morgan fingerprint density at radius 1 is 1.03 bits per heavy atom. The van der Waals surface area contributed by atoms with Gasteiger partial charge in [0.25, 0.3) is 5.97 Å². The van der Waals surface area contributed by atoms with E-state index in [2.05, 4.69) is 11.1 Å². The Balaban J connectivity index is -0.000000377. The molecule has 11 nitrogen and oxygen atoms in total. The van der Waals surface area contributed by atoms with Crippen LogP contribution in [0.1, 0.15) is 45.4 Å². The molecule has 4 unspecified atom stereocenters. The van der Waals surface area contributed by atoms with Crippen molar-refractivity contribution in [1.82, 2.24) is 0 Å². The molecule has 12 heteroatoms. The summed E-state index contributed by atoms with van der Waals surface area (Å²) in [5, 5.41) is 25.1. The van der Waals surface area contributed by atoms with Crippen LogP contribution in [0.5, 0.6) is 0 Å². The number of Topliss-reactive ketones (excluding diaryl/α,β-unsaturated/α-hetero) is 2. The quantitative estimate of drug-likeness (QED) is 0.157. The standard InChI is InChI=1S/C8H13NO3.C8H12O3.C2H4O2.ClH.H3NO/c1-12-7-2-3-8(10)6(4-7)5-9-11;1-11-7-2-3-8(10)6(4-7)5-9;1-2(3)4;;1-2/h5-7,11H,2-4H2,1H3;5-7H,2-4H2,1H3;1H3,(H,3,4);1H;2H,1H2/b9-5-;;;;. The Labute approximate surface area is 182 Å². The Hall–Kier alpha value is -1.92. The van der Waals surface area contributed by atoms with E-state index < -0.39 is 11.9 Å². The molecule has 0 aromatic carbocycles. The van der Waals surface area contributed by atoms with Crippen LogP contribution < -0.4 is 5.90 Å². The highest BCUT2D eigenvalue weighted by Gasteiger charge is 2.28. The van der Waals surface area contributed by atoms with Crippen molar-refractivity contribution < 1.29 is 44.2 Å². The lowest BCUT2D eigenvalue weighted by Gasteiger charge is -2.23. The van der Waals surface area contributed by atoms with Crippen molar-refractivity contribution in [1.29, 1.82) is 0 Å². The molecular formula is C18H33ClN2O9. The number of halogens is 1. The third-order valence-corrected chi connectivity index (χ3v) is 4.36. The van der Waals surface area contributed by atoms with Gasteiger partial charge >= 0.3 is 0 Å². The van der Waals surface area contributed by atoms with E-state index in [-0.39, 0.29) is 42.1 Å². The van der Waals surface area contributed by atoms with E-state index in [9.17, 15) is 14.4 Å². The van der Waals surface area contributed by atoms with Crippen LogP contribution in [0.15, 0.2) is 5.16 Å². The molecule has 0 bridgehead atoms. The third kappa shape index (κ3) is 15.0. The summed E-state index contributed by atoms with van der Waals surface area (Å²) in [5.41, 5.74) is 0. The molecule has 2 saturated carbocycles. The highest BCUT2D eigenvalue weighted by atomic mass is 35.5. The minimum absolute atomic E-state index is 0. The number of hydrogen-bond acceptors (Lipinski definition) is 10. The number of carbonyl (C=O) groups excluding carboxylic acids is 3. The number of nitrogens with two attached hydrogens (primary N) is 1. The van der Waals surface area contributed by atoms with Gasteiger partial charge in [-0.3, -0.25) is 14.4 Å². The number of carboxylic acid groups (broad SMARTS) is 1. The van der Waals surface area contributed by atoms with Crippen molar-refractivity contribution in [2.45, 2.75) is 57.7 Å². The van der Waals surface area contributed by atoms with Crippen molar-refractivity contribution in [2.75, 3.05) is 14.2 Å². The number of aldehydes is 1. The first-order valence-corrected chi connectivity index (χ1v) is 8.98. The van der Waals surface area contributed by atoms with Crippen LogP contribution in [0.4, 0.5) is 0 Å². The summed E-state index contributed by atoms with van der Waals surface area (Å²) >= 11 is 0. The second-order valence-corrected chi connectivity index (χ2v) is 6.33. The molecule has 0 spiro atoms. The SMILES string of the molecule is CC(=O)O.COC1CCC(=O)C(/C=N\O)C1.COC1CCC(=O)C(C=O)C1.Cl.NO. The molecule has 0 aromatic rings. The molecular weight excluding hydrogens is 424 g/mol. The van der Waals surface area contributed by atoms with Gasteiger partial charge in [-0.1, -0.05) is 0 Å². The average Bonchev–Trinajstić information content (AvgIpc) is 2.72. The zero-order valence-electron chi connectivity index (χ0n) is 17.4. The largest absolute Gasteiger partial charge is 0.481 e. The number of rotatable bonds is 4. The van der Waals surface area contributed by atoms with Crippen LogP contribution in [-0.4, -0.2) is 72.0 Å². The highest BCUT2D eigenvalue weighted by Crippen LogP contribution is 2.22. The zero-order valence-corrected chi connectivity index (χ0v) is 18.2.